The number of alkyl halides is 3. The highest BCUT2D eigenvalue weighted by Crippen LogP contribution is 2.26. The van der Waals surface area contributed by atoms with Crippen molar-refractivity contribution >= 4 is 23.2 Å². The van der Waals surface area contributed by atoms with Crippen LogP contribution in [0.2, 0.25) is 5.02 Å². The number of nitrogens with zero attached hydrogens (tertiary/aromatic N) is 3. The number of aromatic nitrogens is 2. The van der Waals surface area contributed by atoms with E-state index in [2.05, 4.69) is 14.7 Å². The fraction of sp³-hybridized carbons (Fsp3) is 0.105. The molecule has 3 aromatic rings. The van der Waals surface area contributed by atoms with Crippen LogP contribution in [-0.4, -0.2) is 29.3 Å². The molecule has 0 spiro atoms. The van der Waals surface area contributed by atoms with E-state index in [0.717, 1.165) is 0 Å². The minimum Gasteiger partial charge on any atom is -0.406 e. The molecule has 9 heteroatoms. The van der Waals surface area contributed by atoms with Crippen molar-refractivity contribution in [1.82, 2.24) is 9.97 Å². The summed E-state index contributed by atoms with van der Waals surface area (Å²) in [5.41, 5.74) is 1.54. The van der Waals surface area contributed by atoms with Gasteiger partial charge in [0.25, 0.3) is 5.91 Å². The topological polar surface area (TPSA) is 55.3 Å². The molecule has 144 valence electrons. The monoisotopic (exact) mass is 407 g/mol. The summed E-state index contributed by atoms with van der Waals surface area (Å²) in [5, 5.41) is 0.546. The summed E-state index contributed by atoms with van der Waals surface area (Å²) in [6, 6.07) is 11.8. The highest BCUT2D eigenvalue weighted by Gasteiger charge is 2.31. The lowest BCUT2D eigenvalue weighted by atomic mass is 10.1. The fourth-order valence-corrected chi connectivity index (χ4v) is 2.52. The number of rotatable bonds is 4. The van der Waals surface area contributed by atoms with E-state index in [1.807, 2.05) is 0 Å². The largest absolute Gasteiger partial charge is 0.573 e. The van der Waals surface area contributed by atoms with Crippen LogP contribution in [0.4, 0.5) is 18.9 Å². The SMILES string of the molecule is CN(C(=O)c1cncc(-c2ccc(OC(F)(F)F)cc2)n1)c1ccc(Cl)cc1. The van der Waals surface area contributed by atoms with Gasteiger partial charge in [-0.15, -0.1) is 13.2 Å². The first-order valence-corrected chi connectivity index (χ1v) is 8.32. The van der Waals surface area contributed by atoms with Crippen LogP contribution in [0.3, 0.4) is 0 Å². The first kappa shape index (κ1) is 19.6. The lowest BCUT2D eigenvalue weighted by Gasteiger charge is -2.17. The van der Waals surface area contributed by atoms with Crippen LogP contribution in [0.5, 0.6) is 5.75 Å². The molecule has 1 aromatic heterocycles. The predicted molar refractivity (Wildman–Crippen MR) is 98.3 cm³/mol. The smallest absolute Gasteiger partial charge is 0.406 e. The van der Waals surface area contributed by atoms with E-state index in [9.17, 15) is 18.0 Å². The van der Waals surface area contributed by atoms with Crippen molar-refractivity contribution in [2.75, 3.05) is 11.9 Å². The predicted octanol–water partition coefficient (Wildman–Crippen LogP) is 4.97. The number of benzene rings is 2. The fourth-order valence-electron chi connectivity index (χ4n) is 2.39. The highest BCUT2D eigenvalue weighted by molar-refractivity contribution is 6.30. The first-order chi connectivity index (χ1) is 13.2. The Morgan fingerprint density at radius 1 is 1.04 bits per heavy atom. The van der Waals surface area contributed by atoms with Crippen molar-refractivity contribution < 1.29 is 22.7 Å². The molecule has 0 atom stereocenters. The summed E-state index contributed by atoms with van der Waals surface area (Å²) < 4.78 is 40.6. The highest BCUT2D eigenvalue weighted by atomic mass is 35.5. The minimum atomic E-state index is -4.76. The molecule has 28 heavy (non-hydrogen) atoms. The van der Waals surface area contributed by atoms with Crippen molar-refractivity contribution in [1.29, 1.82) is 0 Å². The molecule has 0 N–H and O–H groups in total. The molecule has 0 radical (unpaired) electrons. The van der Waals surface area contributed by atoms with Crippen LogP contribution >= 0.6 is 11.6 Å². The van der Waals surface area contributed by atoms with E-state index in [0.29, 0.717) is 22.0 Å². The molecule has 0 aliphatic rings. The Morgan fingerprint density at radius 3 is 2.29 bits per heavy atom. The van der Waals surface area contributed by atoms with Crippen molar-refractivity contribution in [3.05, 3.63) is 71.6 Å². The standard InChI is InChI=1S/C19H13ClF3N3O2/c1-26(14-6-4-13(20)5-7-14)18(27)17-11-24-10-16(25-17)12-2-8-15(9-3-12)28-19(21,22)23/h2-11H,1H3. The van der Waals surface area contributed by atoms with Crippen molar-refractivity contribution in [2.24, 2.45) is 0 Å². The molecular formula is C19H13ClF3N3O2. The van der Waals surface area contributed by atoms with Gasteiger partial charge in [-0.2, -0.15) is 0 Å². The van der Waals surface area contributed by atoms with Gasteiger partial charge < -0.3 is 9.64 Å². The van der Waals surface area contributed by atoms with Crippen molar-refractivity contribution in [3.63, 3.8) is 0 Å². The molecule has 0 bridgehead atoms. The second-order valence-corrected chi connectivity index (χ2v) is 6.14. The number of amides is 1. The van der Waals surface area contributed by atoms with Crippen LogP contribution in [0.1, 0.15) is 10.5 Å². The van der Waals surface area contributed by atoms with E-state index in [4.69, 9.17) is 11.6 Å². The van der Waals surface area contributed by atoms with Gasteiger partial charge in [-0.1, -0.05) is 11.6 Å². The Morgan fingerprint density at radius 2 is 1.68 bits per heavy atom. The van der Waals surface area contributed by atoms with Gasteiger partial charge in [0.15, 0.2) is 0 Å². The second-order valence-electron chi connectivity index (χ2n) is 5.70. The average molecular weight is 408 g/mol. The van der Waals surface area contributed by atoms with Gasteiger partial charge in [0.1, 0.15) is 11.4 Å². The molecule has 5 nitrogen and oxygen atoms in total. The zero-order valence-corrected chi connectivity index (χ0v) is 15.2. The van der Waals surface area contributed by atoms with Gasteiger partial charge in [-0.3, -0.25) is 9.78 Å². The normalized spacial score (nSPS) is 11.2. The van der Waals surface area contributed by atoms with E-state index in [1.165, 1.54) is 41.6 Å². The zero-order chi connectivity index (χ0) is 20.3. The van der Waals surface area contributed by atoms with Gasteiger partial charge in [0, 0.05) is 23.3 Å². The summed E-state index contributed by atoms with van der Waals surface area (Å²) in [6.45, 7) is 0. The quantitative estimate of drug-likeness (QED) is 0.612. The number of ether oxygens (including phenoxy) is 1. The molecule has 0 fully saturated rings. The average Bonchev–Trinajstić information content (AvgIpc) is 2.67. The maximum Gasteiger partial charge on any atom is 0.573 e. The second kappa shape index (κ2) is 7.85. The Balaban J connectivity index is 1.81. The summed E-state index contributed by atoms with van der Waals surface area (Å²) in [5.74, 6) is -0.743. The molecule has 0 unspecified atom stereocenters. The van der Waals surface area contributed by atoms with Crippen LogP contribution in [0.25, 0.3) is 11.3 Å². The molecule has 0 aliphatic heterocycles. The third kappa shape index (κ3) is 4.77. The van der Waals surface area contributed by atoms with Gasteiger partial charge in [-0.25, -0.2) is 4.98 Å². The van der Waals surface area contributed by atoms with Crippen LogP contribution < -0.4 is 9.64 Å². The number of anilines is 1. The number of hydrogen-bond acceptors (Lipinski definition) is 4. The maximum absolute atomic E-state index is 12.7. The molecule has 0 saturated heterocycles. The van der Waals surface area contributed by atoms with Crippen molar-refractivity contribution in [3.8, 4) is 17.0 Å². The Kier molecular flexibility index (Phi) is 5.51. The maximum atomic E-state index is 12.7. The van der Waals surface area contributed by atoms with E-state index in [1.54, 1.807) is 31.3 Å². The van der Waals surface area contributed by atoms with Crippen molar-refractivity contribution in [2.45, 2.75) is 6.36 Å². The summed E-state index contributed by atoms with van der Waals surface area (Å²) in [4.78, 5) is 22.3. The van der Waals surface area contributed by atoms with Crippen LogP contribution in [-0.2, 0) is 0 Å². The molecule has 3 rings (SSSR count). The molecule has 0 saturated carbocycles. The third-order valence-electron chi connectivity index (χ3n) is 3.76. The molecule has 1 amide bonds. The number of halogens is 4. The summed E-state index contributed by atoms with van der Waals surface area (Å²) >= 11 is 5.85. The molecule has 2 aromatic carbocycles. The molecule has 0 aliphatic carbocycles. The Hall–Kier alpha value is -3.13. The van der Waals surface area contributed by atoms with E-state index >= 15 is 0 Å². The van der Waals surface area contributed by atoms with Gasteiger partial charge in [0.2, 0.25) is 0 Å². The number of hydrogen-bond donors (Lipinski definition) is 0. The summed E-state index contributed by atoms with van der Waals surface area (Å²) in [7, 11) is 1.59. The van der Waals surface area contributed by atoms with E-state index < -0.39 is 12.3 Å². The van der Waals surface area contributed by atoms with Gasteiger partial charge in [0.05, 0.1) is 18.1 Å². The lowest BCUT2D eigenvalue weighted by molar-refractivity contribution is -0.274. The van der Waals surface area contributed by atoms with E-state index in [-0.39, 0.29) is 11.4 Å². The van der Waals surface area contributed by atoms with Gasteiger partial charge in [-0.05, 0) is 48.5 Å². The van der Waals surface area contributed by atoms with Crippen LogP contribution in [0, 0.1) is 0 Å². The van der Waals surface area contributed by atoms with Crippen LogP contribution in [0.15, 0.2) is 60.9 Å². The minimum absolute atomic E-state index is 0.0885. The molecule has 1 heterocycles. The van der Waals surface area contributed by atoms with Gasteiger partial charge >= 0.3 is 6.36 Å². The Labute approximate surface area is 163 Å². The number of carbonyl (C=O) groups is 1. The zero-order valence-electron chi connectivity index (χ0n) is 14.4. The first-order valence-electron chi connectivity index (χ1n) is 7.95. The third-order valence-corrected chi connectivity index (χ3v) is 4.01. The summed E-state index contributed by atoms with van der Waals surface area (Å²) in [6.07, 6.45) is -2.03. The number of carbonyl (C=O) groups excluding carboxylic acids is 1. The lowest BCUT2D eigenvalue weighted by Crippen LogP contribution is -2.27. The Bertz CT molecular complexity index is 977. The molecular weight excluding hydrogens is 395 g/mol.